The largest absolute Gasteiger partial charge is 0.0919 e. The number of hydrogen-bond donors (Lipinski definition) is 0. The summed E-state index contributed by atoms with van der Waals surface area (Å²) in [6, 6.07) is 10.6. The van der Waals surface area contributed by atoms with E-state index in [1.807, 2.05) is 0 Å². The van der Waals surface area contributed by atoms with Crippen molar-refractivity contribution in [2.24, 2.45) is 10.8 Å². The Morgan fingerprint density at radius 1 is 0.739 bits per heavy atom. The molecule has 23 heavy (non-hydrogen) atoms. The molecule has 2 aromatic carbocycles. The van der Waals surface area contributed by atoms with Gasteiger partial charge in [0.2, 0.25) is 0 Å². The van der Waals surface area contributed by atoms with E-state index in [1.54, 1.807) is 0 Å². The summed E-state index contributed by atoms with van der Waals surface area (Å²) in [4.78, 5) is 0. The molecule has 0 saturated heterocycles. The van der Waals surface area contributed by atoms with E-state index in [2.05, 4.69) is 102 Å². The first kappa shape index (κ1) is 17.2. The predicted molar refractivity (Wildman–Crippen MR) is 101 cm³/mol. The Morgan fingerprint density at radius 3 is 1.83 bits per heavy atom. The number of fused-ring (bicyclic) bond motifs is 1. The van der Waals surface area contributed by atoms with Gasteiger partial charge >= 0.3 is 0 Å². The number of rotatable bonds is 0. The van der Waals surface area contributed by atoms with Gasteiger partial charge in [0.1, 0.15) is 0 Å². The number of hydrogen-bond acceptors (Lipinski definition) is 0. The van der Waals surface area contributed by atoms with Gasteiger partial charge in [0.25, 0.3) is 0 Å². The van der Waals surface area contributed by atoms with Crippen LogP contribution >= 0.6 is 0 Å². The summed E-state index contributed by atoms with van der Waals surface area (Å²) in [6.45, 7) is 15.0. The van der Waals surface area contributed by atoms with Crippen LogP contribution in [0.25, 0.3) is 10.8 Å². The first-order valence-corrected chi connectivity index (χ1v) is 8.15. The second-order valence-corrected chi connectivity index (χ2v) is 8.16. The average molecular weight is 302 g/mol. The van der Waals surface area contributed by atoms with Gasteiger partial charge in [-0.15, -0.1) is 0 Å². The molecule has 0 aliphatic carbocycles. The van der Waals surface area contributed by atoms with Gasteiger partial charge in [-0.25, -0.2) is 0 Å². The van der Waals surface area contributed by atoms with Crippen LogP contribution < -0.4 is 0 Å². The molecule has 0 aliphatic heterocycles. The topological polar surface area (TPSA) is 0 Å². The minimum Gasteiger partial charge on any atom is -0.0919 e. The SMILES string of the molecule is Cc1cc(C#CC(C)(C)C)c2ccccc2c1C#CC(C)(C)C. The summed E-state index contributed by atoms with van der Waals surface area (Å²) < 4.78 is 0. The van der Waals surface area contributed by atoms with Crippen molar-refractivity contribution in [3.8, 4) is 23.7 Å². The molecule has 0 atom stereocenters. The molecule has 0 nitrogen and oxygen atoms in total. The van der Waals surface area contributed by atoms with Crippen LogP contribution in [0, 0.1) is 41.4 Å². The minimum atomic E-state index is -0.00173. The Balaban J connectivity index is 2.72. The lowest BCUT2D eigenvalue weighted by Gasteiger charge is -2.11. The van der Waals surface area contributed by atoms with Crippen LogP contribution in [-0.4, -0.2) is 0 Å². The fourth-order valence-corrected chi connectivity index (χ4v) is 2.29. The highest BCUT2D eigenvalue weighted by atomic mass is 14.1. The van der Waals surface area contributed by atoms with Gasteiger partial charge in [0.05, 0.1) is 0 Å². The summed E-state index contributed by atoms with van der Waals surface area (Å²) >= 11 is 0. The van der Waals surface area contributed by atoms with Crippen molar-refractivity contribution in [2.75, 3.05) is 0 Å². The van der Waals surface area contributed by atoms with E-state index < -0.39 is 0 Å². The smallest absolute Gasteiger partial charge is 0.0353 e. The number of aryl methyl sites for hydroxylation is 1. The van der Waals surface area contributed by atoms with Crippen molar-refractivity contribution in [1.82, 2.24) is 0 Å². The molecule has 0 heteroatoms. The van der Waals surface area contributed by atoms with E-state index in [0.29, 0.717) is 0 Å². The molecule has 0 amide bonds. The van der Waals surface area contributed by atoms with Crippen LogP contribution in [-0.2, 0) is 0 Å². The van der Waals surface area contributed by atoms with Crippen molar-refractivity contribution in [3.63, 3.8) is 0 Å². The molecular formula is C23H26. The van der Waals surface area contributed by atoms with Crippen molar-refractivity contribution < 1.29 is 0 Å². The third-order valence-electron chi connectivity index (χ3n) is 3.38. The summed E-state index contributed by atoms with van der Waals surface area (Å²) in [7, 11) is 0. The standard InChI is InChI=1S/C23H26/c1-17-16-18(12-14-22(2,3)4)20-10-8-9-11-21(20)19(17)13-15-23(5,6)7/h8-11,16H,1-7H3. The monoisotopic (exact) mass is 302 g/mol. The van der Waals surface area contributed by atoms with Crippen molar-refractivity contribution >= 4 is 10.8 Å². The summed E-state index contributed by atoms with van der Waals surface area (Å²) in [5.41, 5.74) is 3.41. The molecule has 118 valence electrons. The molecular weight excluding hydrogens is 276 g/mol. The Labute approximate surface area is 141 Å². The molecule has 0 aliphatic rings. The zero-order valence-corrected chi connectivity index (χ0v) is 15.4. The van der Waals surface area contributed by atoms with Gasteiger partial charge in [-0.3, -0.25) is 0 Å². The molecule has 0 heterocycles. The van der Waals surface area contributed by atoms with E-state index in [1.165, 1.54) is 16.3 Å². The Kier molecular flexibility index (Phi) is 4.58. The maximum Gasteiger partial charge on any atom is 0.0353 e. The fraction of sp³-hybridized carbons (Fsp3) is 0.391. The highest BCUT2D eigenvalue weighted by Gasteiger charge is 2.10. The van der Waals surface area contributed by atoms with E-state index in [9.17, 15) is 0 Å². The summed E-state index contributed by atoms with van der Waals surface area (Å²) in [5, 5.41) is 2.38. The molecule has 0 saturated carbocycles. The highest BCUT2D eigenvalue weighted by Crippen LogP contribution is 2.26. The van der Waals surface area contributed by atoms with Gasteiger partial charge in [-0.1, -0.05) is 47.9 Å². The maximum atomic E-state index is 3.40. The van der Waals surface area contributed by atoms with Crippen LogP contribution in [0.3, 0.4) is 0 Å². The normalized spacial score (nSPS) is 11.4. The number of benzene rings is 2. The van der Waals surface area contributed by atoms with Gasteiger partial charge in [0.15, 0.2) is 0 Å². The van der Waals surface area contributed by atoms with Crippen LogP contribution in [0.1, 0.15) is 58.2 Å². The lowest BCUT2D eigenvalue weighted by Crippen LogP contribution is -2.00. The quantitative estimate of drug-likeness (QED) is 0.528. The Hall–Kier alpha value is -2.18. The molecule has 0 spiro atoms. The van der Waals surface area contributed by atoms with Gasteiger partial charge in [-0.2, -0.15) is 0 Å². The van der Waals surface area contributed by atoms with Crippen LogP contribution in [0.15, 0.2) is 30.3 Å². The van der Waals surface area contributed by atoms with Gasteiger partial charge in [0, 0.05) is 22.0 Å². The van der Waals surface area contributed by atoms with E-state index in [-0.39, 0.29) is 10.8 Å². The van der Waals surface area contributed by atoms with Crippen LogP contribution in [0.4, 0.5) is 0 Å². The molecule has 0 fully saturated rings. The van der Waals surface area contributed by atoms with Crippen molar-refractivity contribution in [3.05, 3.63) is 47.0 Å². The van der Waals surface area contributed by atoms with Crippen molar-refractivity contribution in [2.45, 2.75) is 48.5 Å². The van der Waals surface area contributed by atoms with Gasteiger partial charge < -0.3 is 0 Å². The fourth-order valence-electron chi connectivity index (χ4n) is 2.29. The first-order chi connectivity index (χ1) is 10.6. The van der Waals surface area contributed by atoms with E-state index >= 15 is 0 Å². The summed E-state index contributed by atoms with van der Waals surface area (Å²) in [5.74, 6) is 13.5. The van der Waals surface area contributed by atoms with Crippen molar-refractivity contribution in [1.29, 1.82) is 0 Å². The molecule has 0 N–H and O–H groups in total. The zero-order chi connectivity index (χ0) is 17.3. The zero-order valence-electron chi connectivity index (χ0n) is 15.4. The highest BCUT2D eigenvalue weighted by molar-refractivity contribution is 5.94. The second kappa shape index (κ2) is 6.14. The Morgan fingerprint density at radius 2 is 1.26 bits per heavy atom. The Bertz CT molecular complexity index is 845. The first-order valence-electron chi connectivity index (χ1n) is 8.15. The lowest BCUT2D eigenvalue weighted by atomic mass is 9.92. The maximum absolute atomic E-state index is 3.40. The molecule has 0 aromatic heterocycles. The van der Waals surface area contributed by atoms with Crippen LogP contribution in [0.5, 0.6) is 0 Å². The third-order valence-corrected chi connectivity index (χ3v) is 3.38. The van der Waals surface area contributed by atoms with Crippen LogP contribution in [0.2, 0.25) is 0 Å². The minimum absolute atomic E-state index is 0.000278. The molecule has 2 rings (SSSR count). The van der Waals surface area contributed by atoms with E-state index in [0.717, 1.165) is 11.1 Å². The lowest BCUT2D eigenvalue weighted by molar-refractivity contribution is 0.570. The van der Waals surface area contributed by atoms with E-state index in [4.69, 9.17) is 0 Å². The molecule has 0 bridgehead atoms. The third kappa shape index (κ3) is 4.64. The summed E-state index contributed by atoms with van der Waals surface area (Å²) in [6.07, 6.45) is 0. The molecule has 0 unspecified atom stereocenters. The average Bonchev–Trinajstić information content (AvgIpc) is 2.42. The predicted octanol–water partition coefficient (Wildman–Crippen LogP) is 5.94. The van der Waals surface area contributed by atoms with Gasteiger partial charge in [-0.05, 0) is 70.9 Å². The second-order valence-electron chi connectivity index (χ2n) is 8.16. The molecule has 0 radical (unpaired) electrons. The molecule has 2 aromatic rings.